The second kappa shape index (κ2) is 8.98. The Morgan fingerprint density at radius 3 is 2.36 bits per heavy atom. The maximum absolute atomic E-state index is 12.5. The summed E-state index contributed by atoms with van der Waals surface area (Å²) in [6.07, 6.45) is 5.41. The summed E-state index contributed by atoms with van der Waals surface area (Å²) in [6.45, 7) is 2.69. The molecule has 28 heavy (non-hydrogen) atoms. The van der Waals surface area contributed by atoms with Crippen LogP contribution in [-0.4, -0.2) is 31.1 Å². The second-order valence-corrected chi connectivity index (χ2v) is 6.47. The van der Waals surface area contributed by atoms with Crippen molar-refractivity contribution in [2.45, 2.75) is 32.5 Å². The van der Waals surface area contributed by atoms with Crippen LogP contribution in [0.3, 0.4) is 0 Å². The number of carbonyl (C=O) groups excluding carboxylic acids is 2. The van der Waals surface area contributed by atoms with Crippen molar-refractivity contribution < 1.29 is 9.59 Å². The number of amides is 2. The van der Waals surface area contributed by atoms with E-state index in [4.69, 9.17) is 0 Å². The molecule has 1 aromatic carbocycles. The molecule has 2 N–H and O–H groups in total. The Bertz CT molecular complexity index is 932. The Labute approximate surface area is 163 Å². The highest BCUT2D eigenvalue weighted by Crippen LogP contribution is 2.12. The lowest BCUT2D eigenvalue weighted by atomic mass is 10.1. The number of hydrogen-bond donors (Lipinski definition) is 2. The first-order valence-corrected chi connectivity index (χ1v) is 9.18. The number of nitrogens with one attached hydrogen (secondary N) is 2. The van der Waals surface area contributed by atoms with Gasteiger partial charge < -0.3 is 15.2 Å². The third-order valence-electron chi connectivity index (χ3n) is 4.63. The van der Waals surface area contributed by atoms with E-state index in [0.29, 0.717) is 25.2 Å². The third kappa shape index (κ3) is 4.46. The number of hydrogen-bond acceptors (Lipinski definition) is 4. The van der Waals surface area contributed by atoms with Crippen LogP contribution in [0.5, 0.6) is 0 Å². The molecule has 3 rings (SSSR count). The molecule has 2 amide bonds. The standard InChI is InChI=1S/C20H24N6O2/c1-3-17(26-14-21-13-24-26)19(27)22-11-15-7-4-5-8-16(15)12-23-20(28)18-9-6-10-25(18)2/h4-10,13-14,17H,3,11-12H2,1-2H3,(H,22,27)(H,23,28). The van der Waals surface area contributed by atoms with E-state index in [2.05, 4.69) is 20.7 Å². The molecule has 3 aromatic rings. The van der Waals surface area contributed by atoms with Gasteiger partial charge in [0.05, 0.1) is 0 Å². The van der Waals surface area contributed by atoms with E-state index in [1.165, 1.54) is 6.33 Å². The lowest BCUT2D eigenvalue weighted by Crippen LogP contribution is -2.32. The van der Waals surface area contributed by atoms with E-state index < -0.39 is 6.04 Å². The first-order chi connectivity index (χ1) is 13.6. The fourth-order valence-corrected chi connectivity index (χ4v) is 3.04. The number of rotatable bonds is 8. The average Bonchev–Trinajstić information content (AvgIpc) is 3.37. The Morgan fingerprint density at radius 2 is 1.79 bits per heavy atom. The Hall–Kier alpha value is -3.42. The van der Waals surface area contributed by atoms with Gasteiger partial charge in [-0.3, -0.25) is 9.59 Å². The lowest BCUT2D eigenvalue weighted by Gasteiger charge is -2.16. The number of benzene rings is 1. The SMILES string of the molecule is CCC(C(=O)NCc1ccccc1CNC(=O)c1cccn1C)n1cncn1. The van der Waals surface area contributed by atoms with Crippen molar-refractivity contribution in [2.24, 2.45) is 7.05 Å². The van der Waals surface area contributed by atoms with Crippen LogP contribution in [0.4, 0.5) is 0 Å². The predicted octanol–water partition coefficient (Wildman–Crippen LogP) is 1.81. The van der Waals surface area contributed by atoms with Crippen molar-refractivity contribution in [3.05, 3.63) is 72.1 Å². The van der Waals surface area contributed by atoms with E-state index in [1.807, 2.05) is 50.5 Å². The number of aryl methyl sites for hydroxylation is 1. The molecule has 2 heterocycles. The van der Waals surface area contributed by atoms with Gasteiger partial charge in [0.15, 0.2) is 0 Å². The summed E-state index contributed by atoms with van der Waals surface area (Å²) in [6, 6.07) is 10.9. The zero-order valence-corrected chi connectivity index (χ0v) is 16.0. The smallest absolute Gasteiger partial charge is 0.268 e. The minimum Gasteiger partial charge on any atom is -0.350 e. The van der Waals surface area contributed by atoms with Crippen LogP contribution < -0.4 is 10.6 Å². The van der Waals surface area contributed by atoms with Gasteiger partial charge in [-0.05, 0) is 29.7 Å². The molecular formula is C20H24N6O2. The van der Waals surface area contributed by atoms with Gasteiger partial charge in [-0.1, -0.05) is 31.2 Å². The van der Waals surface area contributed by atoms with Gasteiger partial charge in [-0.2, -0.15) is 5.10 Å². The topological polar surface area (TPSA) is 93.8 Å². The van der Waals surface area contributed by atoms with Crippen molar-refractivity contribution in [3.8, 4) is 0 Å². The summed E-state index contributed by atoms with van der Waals surface area (Å²) in [4.78, 5) is 28.8. The average molecular weight is 380 g/mol. The quantitative estimate of drug-likeness (QED) is 0.623. The number of carbonyl (C=O) groups is 2. The molecule has 0 bridgehead atoms. The third-order valence-corrected chi connectivity index (χ3v) is 4.63. The van der Waals surface area contributed by atoms with E-state index in [0.717, 1.165) is 11.1 Å². The van der Waals surface area contributed by atoms with Crippen LogP contribution >= 0.6 is 0 Å². The minimum atomic E-state index is -0.397. The second-order valence-electron chi connectivity index (χ2n) is 6.47. The van der Waals surface area contributed by atoms with Gasteiger partial charge in [0.1, 0.15) is 24.4 Å². The van der Waals surface area contributed by atoms with Crippen molar-refractivity contribution in [3.63, 3.8) is 0 Å². The minimum absolute atomic E-state index is 0.115. The monoisotopic (exact) mass is 380 g/mol. The molecule has 146 valence electrons. The molecule has 0 fully saturated rings. The first kappa shape index (κ1) is 19.3. The Kier molecular flexibility index (Phi) is 6.21. The lowest BCUT2D eigenvalue weighted by molar-refractivity contribution is -0.124. The molecule has 0 saturated carbocycles. The maximum atomic E-state index is 12.5. The van der Waals surface area contributed by atoms with E-state index in [9.17, 15) is 9.59 Å². The fourth-order valence-electron chi connectivity index (χ4n) is 3.04. The van der Waals surface area contributed by atoms with Crippen molar-refractivity contribution >= 4 is 11.8 Å². The van der Waals surface area contributed by atoms with Crippen LogP contribution in [0.1, 0.15) is 41.0 Å². The van der Waals surface area contributed by atoms with Crippen LogP contribution in [-0.2, 0) is 24.9 Å². The number of nitrogens with zero attached hydrogens (tertiary/aromatic N) is 4. The zero-order chi connectivity index (χ0) is 19.9. The van der Waals surface area contributed by atoms with E-state index in [1.54, 1.807) is 21.6 Å². The molecule has 8 nitrogen and oxygen atoms in total. The molecular weight excluding hydrogens is 356 g/mol. The zero-order valence-electron chi connectivity index (χ0n) is 16.0. The van der Waals surface area contributed by atoms with Crippen molar-refractivity contribution in [1.29, 1.82) is 0 Å². The van der Waals surface area contributed by atoms with Gasteiger partial charge >= 0.3 is 0 Å². The van der Waals surface area contributed by atoms with Gasteiger partial charge in [-0.25, -0.2) is 9.67 Å². The largest absolute Gasteiger partial charge is 0.350 e. The fraction of sp³-hybridized carbons (Fsp3) is 0.300. The summed E-state index contributed by atoms with van der Waals surface area (Å²) in [5.74, 6) is -0.251. The summed E-state index contributed by atoms with van der Waals surface area (Å²) in [5.41, 5.74) is 2.51. The van der Waals surface area contributed by atoms with Crippen molar-refractivity contribution in [2.75, 3.05) is 0 Å². The molecule has 1 unspecified atom stereocenters. The molecule has 8 heteroatoms. The molecule has 0 aliphatic heterocycles. The molecule has 2 aromatic heterocycles. The van der Waals surface area contributed by atoms with Crippen LogP contribution in [0, 0.1) is 0 Å². The Balaban J connectivity index is 1.61. The summed E-state index contributed by atoms with van der Waals surface area (Å²) in [7, 11) is 1.83. The number of aromatic nitrogens is 4. The van der Waals surface area contributed by atoms with Crippen molar-refractivity contribution in [1.82, 2.24) is 30.0 Å². The normalized spacial score (nSPS) is 11.8. The molecule has 1 atom stereocenters. The molecule has 0 spiro atoms. The predicted molar refractivity (Wildman–Crippen MR) is 104 cm³/mol. The highest BCUT2D eigenvalue weighted by Gasteiger charge is 2.19. The Morgan fingerprint density at radius 1 is 1.07 bits per heavy atom. The van der Waals surface area contributed by atoms with Gasteiger partial charge in [0.25, 0.3) is 5.91 Å². The summed E-state index contributed by atoms with van der Waals surface area (Å²) < 4.78 is 3.33. The van der Waals surface area contributed by atoms with E-state index >= 15 is 0 Å². The molecule has 0 aliphatic carbocycles. The molecule has 0 saturated heterocycles. The first-order valence-electron chi connectivity index (χ1n) is 9.18. The van der Waals surface area contributed by atoms with Gasteiger partial charge in [0.2, 0.25) is 5.91 Å². The highest BCUT2D eigenvalue weighted by molar-refractivity contribution is 5.92. The van der Waals surface area contributed by atoms with Gasteiger partial charge in [0, 0.05) is 26.3 Å². The van der Waals surface area contributed by atoms with Gasteiger partial charge in [-0.15, -0.1) is 0 Å². The molecule has 0 aliphatic rings. The van der Waals surface area contributed by atoms with Crippen LogP contribution in [0.25, 0.3) is 0 Å². The molecule has 0 radical (unpaired) electrons. The highest BCUT2D eigenvalue weighted by atomic mass is 16.2. The van der Waals surface area contributed by atoms with Crippen LogP contribution in [0.2, 0.25) is 0 Å². The summed E-state index contributed by atoms with van der Waals surface area (Å²) >= 11 is 0. The van der Waals surface area contributed by atoms with Crippen LogP contribution in [0.15, 0.2) is 55.2 Å². The van der Waals surface area contributed by atoms with E-state index in [-0.39, 0.29) is 11.8 Å². The maximum Gasteiger partial charge on any atom is 0.268 e. The summed E-state index contributed by atoms with van der Waals surface area (Å²) in [5, 5.41) is 9.95.